The summed E-state index contributed by atoms with van der Waals surface area (Å²) >= 11 is 6.36. The van der Waals surface area contributed by atoms with Crippen LogP contribution in [-0.4, -0.2) is 20.5 Å². The van der Waals surface area contributed by atoms with Crippen LogP contribution in [0.5, 0.6) is 0 Å². The van der Waals surface area contributed by atoms with Gasteiger partial charge in [0, 0.05) is 21.8 Å². The van der Waals surface area contributed by atoms with Gasteiger partial charge in [0.25, 0.3) is 0 Å². The average Bonchev–Trinajstić information content (AvgIpc) is 2.92. The van der Waals surface area contributed by atoms with Crippen LogP contribution in [0, 0.1) is 0 Å². The highest BCUT2D eigenvalue weighted by Crippen LogP contribution is 2.28. The molecule has 0 fully saturated rings. The zero-order valence-electron chi connectivity index (χ0n) is 11.6. The van der Waals surface area contributed by atoms with E-state index in [1.165, 1.54) is 0 Å². The molecule has 0 unspecified atom stereocenters. The van der Waals surface area contributed by atoms with Crippen LogP contribution in [-0.2, 0) is 6.54 Å². The maximum atomic E-state index is 6.36. The first kappa shape index (κ1) is 13.0. The number of nitrogens with two attached hydrogens (primary N) is 1. The fraction of sp³-hybridized carbons (Fsp3) is 0.0625. The SMILES string of the molecule is Nc1ccc2c(c1)C(c1ccccc1Cl)=NCc1nncn1-2. The van der Waals surface area contributed by atoms with Gasteiger partial charge in [0.15, 0.2) is 5.82 Å². The van der Waals surface area contributed by atoms with Gasteiger partial charge >= 0.3 is 0 Å². The van der Waals surface area contributed by atoms with Crippen LogP contribution in [0.15, 0.2) is 53.8 Å². The highest BCUT2D eigenvalue weighted by Gasteiger charge is 2.21. The fourth-order valence-electron chi connectivity index (χ4n) is 2.64. The third-order valence-electron chi connectivity index (χ3n) is 3.66. The molecule has 22 heavy (non-hydrogen) atoms. The molecule has 0 amide bonds. The predicted molar refractivity (Wildman–Crippen MR) is 86.6 cm³/mol. The average molecular weight is 310 g/mol. The van der Waals surface area contributed by atoms with Gasteiger partial charge in [-0.15, -0.1) is 10.2 Å². The molecule has 6 heteroatoms. The van der Waals surface area contributed by atoms with Crippen LogP contribution in [0.4, 0.5) is 5.69 Å². The van der Waals surface area contributed by atoms with Crippen molar-refractivity contribution in [3.05, 3.63) is 70.8 Å². The molecule has 0 aliphatic carbocycles. The minimum Gasteiger partial charge on any atom is -0.399 e. The molecule has 0 saturated heterocycles. The number of hydrogen-bond acceptors (Lipinski definition) is 4. The molecule has 0 bridgehead atoms. The first-order chi connectivity index (χ1) is 10.7. The van der Waals surface area contributed by atoms with Crippen LogP contribution >= 0.6 is 11.6 Å². The van der Waals surface area contributed by atoms with E-state index >= 15 is 0 Å². The standard InChI is InChI=1S/C16H12ClN5/c17-13-4-2-1-3-11(13)16-12-7-10(18)5-6-14(12)22-9-20-21-15(22)8-19-16/h1-7,9H,8,18H2. The molecule has 0 atom stereocenters. The molecular formula is C16H12ClN5. The van der Waals surface area contributed by atoms with E-state index < -0.39 is 0 Å². The van der Waals surface area contributed by atoms with Crippen molar-refractivity contribution in [2.24, 2.45) is 4.99 Å². The third kappa shape index (κ3) is 1.98. The van der Waals surface area contributed by atoms with E-state index in [0.29, 0.717) is 17.3 Å². The van der Waals surface area contributed by atoms with Crippen molar-refractivity contribution in [3.8, 4) is 5.69 Å². The molecule has 2 N–H and O–H groups in total. The minimum absolute atomic E-state index is 0.440. The number of aliphatic imine (C=N–C) groups is 1. The summed E-state index contributed by atoms with van der Waals surface area (Å²) in [7, 11) is 0. The largest absolute Gasteiger partial charge is 0.399 e. The van der Waals surface area contributed by atoms with Crippen molar-refractivity contribution in [3.63, 3.8) is 0 Å². The molecule has 0 spiro atoms. The van der Waals surface area contributed by atoms with Gasteiger partial charge < -0.3 is 5.73 Å². The maximum absolute atomic E-state index is 6.36. The second kappa shape index (κ2) is 4.96. The summed E-state index contributed by atoms with van der Waals surface area (Å²) in [5, 5.41) is 8.76. The van der Waals surface area contributed by atoms with E-state index in [1.54, 1.807) is 6.33 Å². The molecule has 1 aliphatic heterocycles. The number of nitrogen functional groups attached to an aromatic ring is 1. The lowest BCUT2D eigenvalue weighted by Gasteiger charge is -2.13. The van der Waals surface area contributed by atoms with Gasteiger partial charge in [-0.1, -0.05) is 29.8 Å². The lowest BCUT2D eigenvalue weighted by molar-refractivity contribution is 0.870. The van der Waals surface area contributed by atoms with E-state index in [1.807, 2.05) is 47.0 Å². The second-order valence-corrected chi connectivity index (χ2v) is 5.45. The Hall–Kier alpha value is -2.66. The van der Waals surface area contributed by atoms with Crippen LogP contribution in [0.25, 0.3) is 5.69 Å². The third-order valence-corrected chi connectivity index (χ3v) is 3.99. The van der Waals surface area contributed by atoms with Crippen LogP contribution in [0.3, 0.4) is 0 Å². The van der Waals surface area contributed by atoms with Crippen molar-refractivity contribution in [2.75, 3.05) is 5.73 Å². The molecule has 3 aromatic rings. The van der Waals surface area contributed by atoms with Crippen molar-refractivity contribution < 1.29 is 0 Å². The summed E-state index contributed by atoms with van der Waals surface area (Å²) in [6.45, 7) is 0.440. The number of anilines is 1. The van der Waals surface area contributed by atoms with Crippen LogP contribution in [0.1, 0.15) is 17.0 Å². The Kier molecular flexibility index (Phi) is 2.94. The predicted octanol–water partition coefficient (Wildman–Crippen LogP) is 2.85. The zero-order valence-corrected chi connectivity index (χ0v) is 12.3. The van der Waals surface area contributed by atoms with E-state index in [2.05, 4.69) is 10.2 Å². The highest BCUT2D eigenvalue weighted by molar-refractivity contribution is 6.35. The highest BCUT2D eigenvalue weighted by atomic mass is 35.5. The van der Waals surface area contributed by atoms with Gasteiger partial charge in [0.1, 0.15) is 12.9 Å². The summed E-state index contributed by atoms with van der Waals surface area (Å²) < 4.78 is 1.93. The summed E-state index contributed by atoms with van der Waals surface area (Å²) in [6, 6.07) is 13.4. The van der Waals surface area contributed by atoms with Gasteiger partial charge in [0.05, 0.1) is 11.4 Å². The van der Waals surface area contributed by atoms with E-state index in [9.17, 15) is 0 Å². The lowest BCUT2D eigenvalue weighted by atomic mass is 10.00. The molecule has 5 nitrogen and oxygen atoms in total. The molecule has 2 aromatic carbocycles. The van der Waals surface area contributed by atoms with E-state index in [0.717, 1.165) is 28.4 Å². The molecule has 2 heterocycles. The van der Waals surface area contributed by atoms with Gasteiger partial charge in [-0.05, 0) is 24.3 Å². The minimum atomic E-state index is 0.440. The molecule has 0 radical (unpaired) electrons. The molecule has 1 aliphatic rings. The number of hydrogen-bond donors (Lipinski definition) is 1. The monoisotopic (exact) mass is 309 g/mol. The molecule has 4 rings (SSSR count). The molecule has 1 aromatic heterocycles. The fourth-order valence-corrected chi connectivity index (χ4v) is 2.87. The Labute approximate surface area is 132 Å². The van der Waals surface area contributed by atoms with Crippen LogP contribution in [0.2, 0.25) is 5.02 Å². The smallest absolute Gasteiger partial charge is 0.159 e. The second-order valence-electron chi connectivity index (χ2n) is 5.04. The first-order valence-electron chi connectivity index (χ1n) is 6.82. The van der Waals surface area contributed by atoms with Crippen molar-refractivity contribution in [1.82, 2.24) is 14.8 Å². The van der Waals surface area contributed by atoms with E-state index in [-0.39, 0.29) is 0 Å². The Balaban J connectivity index is 2.01. The van der Waals surface area contributed by atoms with Crippen molar-refractivity contribution >= 4 is 23.0 Å². The quantitative estimate of drug-likeness (QED) is 0.703. The lowest BCUT2D eigenvalue weighted by Crippen LogP contribution is -2.08. The maximum Gasteiger partial charge on any atom is 0.159 e. The number of halogens is 1. The summed E-state index contributed by atoms with van der Waals surface area (Å²) in [6.07, 6.45) is 1.69. The number of benzene rings is 2. The normalized spacial score (nSPS) is 13.0. The first-order valence-corrected chi connectivity index (χ1v) is 7.20. The molecule has 108 valence electrons. The van der Waals surface area contributed by atoms with Gasteiger partial charge in [-0.3, -0.25) is 9.56 Å². The van der Waals surface area contributed by atoms with Crippen molar-refractivity contribution in [2.45, 2.75) is 6.54 Å². The summed E-state index contributed by atoms with van der Waals surface area (Å²) in [4.78, 5) is 4.70. The number of fused-ring (bicyclic) bond motifs is 3. The van der Waals surface area contributed by atoms with Crippen molar-refractivity contribution in [1.29, 1.82) is 0 Å². The number of rotatable bonds is 1. The zero-order chi connectivity index (χ0) is 15.1. The van der Waals surface area contributed by atoms with Gasteiger partial charge in [0.2, 0.25) is 0 Å². The number of aromatic nitrogens is 3. The Bertz CT molecular complexity index is 897. The Morgan fingerprint density at radius 3 is 2.82 bits per heavy atom. The van der Waals surface area contributed by atoms with Crippen LogP contribution < -0.4 is 5.73 Å². The van der Waals surface area contributed by atoms with E-state index in [4.69, 9.17) is 22.3 Å². The van der Waals surface area contributed by atoms with Gasteiger partial charge in [-0.25, -0.2) is 0 Å². The Morgan fingerprint density at radius 1 is 1.09 bits per heavy atom. The summed E-state index contributed by atoms with van der Waals surface area (Å²) in [5.74, 6) is 0.785. The molecule has 0 saturated carbocycles. The van der Waals surface area contributed by atoms with Gasteiger partial charge in [-0.2, -0.15) is 0 Å². The topological polar surface area (TPSA) is 69.1 Å². The molecular weight excluding hydrogens is 298 g/mol. The number of nitrogens with zero attached hydrogens (tertiary/aromatic N) is 4. The summed E-state index contributed by atoms with van der Waals surface area (Å²) in [5.41, 5.74) is 10.2. The Morgan fingerprint density at radius 2 is 1.95 bits per heavy atom.